The molecule has 140 valence electrons. The lowest BCUT2D eigenvalue weighted by molar-refractivity contribution is -0.0605. The van der Waals surface area contributed by atoms with E-state index in [1.54, 1.807) is 25.5 Å². The highest BCUT2D eigenvalue weighted by Gasteiger charge is 2.28. The van der Waals surface area contributed by atoms with E-state index in [0.29, 0.717) is 13.1 Å². The van der Waals surface area contributed by atoms with Crippen LogP contribution in [0.4, 0.5) is 4.39 Å². The van der Waals surface area contributed by atoms with Gasteiger partial charge in [-0.3, -0.25) is 4.99 Å². The van der Waals surface area contributed by atoms with Crippen molar-refractivity contribution in [1.29, 1.82) is 0 Å². The van der Waals surface area contributed by atoms with Gasteiger partial charge in [0.25, 0.3) is 0 Å². The van der Waals surface area contributed by atoms with Gasteiger partial charge in [0.2, 0.25) is 0 Å². The van der Waals surface area contributed by atoms with E-state index in [4.69, 9.17) is 4.74 Å². The number of nitrogens with zero attached hydrogens (tertiary/aromatic N) is 5. The number of rotatable bonds is 4. The van der Waals surface area contributed by atoms with Crippen LogP contribution in [0.15, 0.2) is 35.6 Å². The van der Waals surface area contributed by atoms with Crippen molar-refractivity contribution in [3.63, 3.8) is 0 Å². The summed E-state index contributed by atoms with van der Waals surface area (Å²) in [5.74, 6) is 1.41. The van der Waals surface area contributed by atoms with Crippen molar-refractivity contribution in [1.82, 2.24) is 25.0 Å². The summed E-state index contributed by atoms with van der Waals surface area (Å²) >= 11 is 0. The first-order valence-corrected chi connectivity index (χ1v) is 8.84. The molecule has 0 bridgehead atoms. The summed E-state index contributed by atoms with van der Waals surface area (Å²) in [5.41, 5.74) is 0.962. The van der Waals surface area contributed by atoms with Crippen LogP contribution in [0.3, 0.4) is 0 Å². The van der Waals surface area contributed by atoms with E-state index < -0.39 is 0 Å². The molecule has 0 spiro atoms. The first-order chi connectivity index (χ1) is 12.6. The number of guanidine groups is 1. The molecule has 3 rings (SSSR count). The van der Waals surface area contributed by atoms with Crippen molar-refractivity contribution >= 4 is 5.96 Å². The zero-order valence-corrected chi connectivity index (χ0v) is 15.4. The van der Waals surface area contributed by atoms with Crippen molar-refractivity contribution in [2.24, 2.45) is 4.99 Å². The fraction of sp³-hybridized carbons (Fsp3) is 0.500. The molecule has 1 aromatic heterocycles. The van der Waals surface area contributed by atoms with Gasteiger partial charge < -0.3 is 19.5 Å². The molecule has 0 amide bonds. The second kappa shape index (κ2) is 8.27. The van der Waals surface area contributed by atoms with Gasteiger partial charge in [-0.15, -0.1) is 10.2 Å². The van der Waals surface area contributed by atoms with Gasteiger partial charge >= 0.3 is 0 Å². The first-order valence-electron chi connectivity index (χ1n) is 8.84. The minimum Gasteiger partial charge on any atom is -0.367 e. The Morgan fingerprint density at radius 2 is 2.12 bits per heavy atom. The number of morpholine rings is 1. The fourth-order valence-electron chi connectivity index (χ4n) is 3.16. The van der Waals surface area contributed by atoms with Gasteiger partial charge in [0.1, 0.15) is 18.2 Å². The SMILES string of the molecule is CCn1cnnc1CNC(=NC)N1CC(C)OC(c2ccc(F)cc2)C1. The van der Waals surface area contributed by atoms with E-state index in [1.165, 1.54) is 12.1 Å². The average Bonchev–Trinajstić information content (AvgIpc) is 3.10. The Balaban J connectivity index is 1.68. The molecule has 1 saturated heterocycles. The van der Waals surface area contributed by atoms with Gasteiger partial charge in [-0.05, 0) is 31.5 Å². The second-order valence-corrected chi connectivity index (χ2v) is 6.33. The molecule has 1 aliphatic heterocycles. The molecule has 1 fully saturated rings. The van der Waals surface area contributed by atoms with E-state index in [1.807, 2.05) is 11.5 Å². The van der Waals surface area contributed by atoms with Crippen LogP contribution < -0.4 is 5.32 Å². The van der Waals surface area contributed by atoms with E-state index in [-0.39, 0.29) is 18.0 Å². The number of aryl methyl sites for hydroxylation is 1. The third-order valence-corrected chi connectivity index (χ3v) is 4.45. The summed E-state index contributed by atoms with van der Waals surface area (Å²) in [7, 11) is 1.76. The smallest absolute Gasteiger partial charge is 0.194 e. The van der Waals surface area contributed by atoms with Crippen molar-refractivity contribution in [3.05, 3.63) is 47.8 Å². The molecule has 0 saturated carbocycles. The van der Waals surface area contributed by atoms with Crippen LogP contribution in [0.25, 0.3) is 0 Å². The average molecular weight is 360 g/mol. The number of hydrogen-bond donors (Lipinski definition) is 1. The van der Waals surface area contributed by atoms with Crippen molar-refractivity contribution in [3.8, 4) is 0 Å². The molecule has 0 radical (unpaired) electrons. The van der Waals surface area contributed by atoms with Crippen molar-refractivity contribution in [2.75, 3.05) is 20.1 Å². The summed E-state index contributed by atoms with van der Waals surface area (Å²) in [5, 5.41) is 11.4. The third-order valence-electron chi connectivity index (χ3n) is 4.45. The van der Waals surface area contributed by atoms with Crippen LogP contribution in [0.1, 0.15) is 31.3 Å². The van der Waals surface area contributed by atoms with E-state index >= 15 is 0 Å². The molecule has 26 heavy (non-hydrogen) atoms. The number of benzene rings is 1. The maximum Gasteiger partial charge on any atom is 0.194 e. The largest absolute Gasteiger partial charge is 0.367 e. The maximum absolute atomic E-state index is 13.2. The molecule has 2 heterocycles. The van der Waals surface area contributed by atoms with Gasteiger partial charge in [-0.25, -0.2) is 4.39 Å². The van der Waals surface area contributed by atoms with Gasteiger partial charge in [0.15, 0.2) is 11.8 Å². The molecular weight excluding hydrogens is 335 g/mol. The lowest BCUT2D eigenvalue weighted by atomic mass is 10.1. The van der Waals surface area contributed by atoms with Gasteiger partial charge in [0, 0.05) is 20.1 Å². The Morgan fingerprint density at radius 3 is 2.81 bits per heavy atom. The highest BCUT2D eigenvalue weighted by molar-refractivity contribution is 5.80. The molecular formula is C18H25FN6O. The predicted octanol–water partition coefficient (Wildman–Crippen LogP) is 1.97. The summed E-state index contributed by atoms with van der Waals surface area (Å²) < 4.78 is 21.2. The minimum absolute atomic E-state index is 0.0386. The van der Waals surface area contributed by atoms with Crippen LogP contribution in [-0.4, -0.2) is 51.9 Å². The third kappa shape index (κ3) is 4.19. The maximum atomic E-state index is 13.2. The Labute approximate surface area is 152 Å². The van der Waals surface area contributed by atoms with Crippen LogP contribution >= 0.6 is 0 Å². The molecule has 7 nitrogen and oxygen atoms in total. The lowest BCUT2D eigenvalue weighted by Gasteiger charge is -2.38. The molecule has 1 aromatic carbocycles. The van der Waals surface area contributed by atoms with E-state index in [0.717, 1.165) is 30.4 Å². The molecule has 1 aliphatic rings. The first kappa shape index (κ1) is 18.3. The summed E-state index contributed by atoms with van der Waals surface area (Å²) in [4.78, 5) is 6.56. The van der Waals surface area contributed by atoms with Crippen LogP contribution in [-0.2, 0) is 17.8 Å². The van der Waals surface area contributed by atoms with Crippen LogP contribution in [0, 0.1) is 5.82 Å². The topological polar surface area (TPSA) is 67.6 Å². The zero-order valence-electron chi connectivity index (χ0n) is 15.4. The monoisotopic (exact) mass is 360 g/mol. The summed E-state index contributed by atoms with van der Waals surface area (Å²) in [6.07, 6.45) is 1.63. The lowest BCUT2D eigenvalue weighted by Crippen LogP contribution is -2.50. The fourth-order valence-corrected chi connectivity index (χ4v) is 3.16. The Kier molecular flexibility index (Phi) is 5.82. The van der Waals surface area contributed by atoms with Crippen molar-refractivity contribution < 1.29 is 9.13 Å². The Morgan fingerprint density at radius 1 is 1.35 bits per heavy atom. The Hall–Kier alpha value is -2.48. The second-order valence-electron chi connectivity index (χ2n) is 6.33. The Bertz CT molecular complexity index is 744. The van der Waals surface area contributed by atoms with Gasteiger partial charge in [-0.2, -0.15) is 0 Å². The van der Waals surface area contributed by atoms with Crippen LogP contribution in [0.2, 0.25) is 0 Å². The standard InChI is InChI=1S/C18H25FN6O/c1-4-24-12-22-23-17(24)9-21-18(20-3)25-10-13(2)26-16(11-25)14-5-7-15(19)8-6-14/h5-8,12-13,16H,4,9-11H2,1-3H3,(H,20,21). The van der Waals surface area contributed by atoms with Gasteiger partial charge in [0.05, 0.1) is 19.2 Å². The van der Waals surface area contributed by atoms with Gasteiger partial charge in [-0.1, -0.05) is 12.1 Å². The van der Waals surface area contributed by atoms with E-state index in [9.17, 15) is 4.39 Å². The van der Waals surface area contributed by atoms with Crippen LogP contribution in [0.5, 0.6) is 0 Å². The summed E-state index contributed by atoms with van der Waals surface area (Å²) in [6, 6.07) is 6.48. The number of aliphatic imine (C=N–C) groups is 1. The molecule has 2 aromatic rings. The van der Waals surface area contributed by atoms with E-state index in [2.05, 4.69) is 32.3 Å². The predicted molar refractivity (Wildman–Crippen MR) is 97.2 cm³/mol. The highest BCUT2D eigenvalue weighted by atomic mass is 19.1. The number of halogens is 1. The number of ether oxygens (including phenoxy) is 1. The number of nitrogens with one attached hydrogen (secondary N) is 1. The number of hydrogen-bond acceptors (Lipinski definition) is 4. The molecule has 2 atom stereocenters. The minimum atomic E-state index is -0.244. The summed E-state index contributed by atoms with van der Waals surface area (Å²) in [6.45, 7) is 6.84. The highest BCUT2D eigenvalue weighted by Crippen LogP contribution is 2.25. The molecule has 0 aliphatic carbocycles. The zero-order chi connectivity index (χ0) is 18.5. The van der Waals surface area contributed by atoms with Crippen molar-refractivity contribution in [2.45, 2.75) is 39.1 Å². The molecule has 1 N–H and O–H groups in total. The molecule has 2 unspecified atom stereocenters. The molecule has 8 heteroatoms. The number of aromatic nitrogens is 3. The quantitative estimate of drug-likeness (QED) is 0.667. The normalized spacial score (nSPS) is 21.1.